The van der Waals surface area contributed by atoms with Crippen molar-refractivity contribution >= 4 is 35.0 Å². The van der Waals surface area contributed by atoms with Crippen LogP contribution in [-0.2, 0) is 9.53 Å². The molecule has 2 aromatic rings. The summed E-state index contributed by atoms with van der Waals surface area (Å²) in [6.45, 7) is 3.01. The van der Waals surface area contributed by atoms with E-state index < -0.39 is 29.4 Å². The number of hydrogen-bond acceptors (Lipinski definition) is 7. The monoisotopic (exact) mass is 414 g/mol. The maximum Gasteiger partial charge on any atom is 0.338 e. The van der Waals surface area contributed by atoms with Crippen molar-refractivity contribution in [2.45, 2.75) is 13.8 Å². The molecule has 0 aliphatic heterocycles. The average molecular weight is 414 g/mol. The first-order chi connectivity index (χ1) is 14.1. The maximum absolute atomic E-state index is 12.1. The van der Waals surface area contributed by atoms with Gasteiger partial charge in [0.2, 0.25) is 0 Å². The fourth-order valence-electron chi connectivity index (χ4n) is 2.66. The molecular formula is C20H22N4O6. The van der Waals surface area contributed by atoms with Crippen LogP contribution in [0.15, 0.2) is 36.4 Å². The highest BCUT2D eigenvalue weighted by Gasteiger charge is 2.20. The molecule has 2 N–H and O–H groups in total. The van der Waals surface area contributed by atoms with Crippen LogP contribution in [0.25, 0.3) is 0 Å². The number of urea groups is 1. The Hall–Kier alpha value is -3.95. The van der Waals surface area contributed by atoms with Crippen LogP contribution in [-0.4, -0.2) is 43.5 Å². The number of benzene rings is 2. The van der Waals surface area contributed by atoms with Gasteiger partial charge in [-0.3, -0.25) is 20.2 Å². The van der Waals surface area contributed by atoms with E-state index in [0.717, 1.165) is 17.2 Å². The minimum Gasteiger partial charge on any atom is -0.452 e. The van der Waals surface area contributed by atoms with E-state index in [-0.39, 0.29) is 11.3 Å². The lowest BCUT2D eigenvalue weighted by molar-refractivity contribution is -0.384. The van der Waals surface area contributed by atoms with Crippen LogP contribution >= 0.6 is 0 Å². The molecular weight excluding hydrogens is 392 g/mol. The van der Waals surface area contributed by atoms with E-state index in [0.29, 0.717) is 11.4 Å². The standard InChI is InChI=1S/C20H22N4O6/c1-12-5-7-15(13(2)9-12)21-20(27)22-18(25)11-30-19(26)14-6-8-16(23(3)4)17(10-14)24(28)29/h5-10H,11H2,1-4H3,(H2,21,22,25,27). The molecule has 2 rings (SSSR count). The molecule has 0 unspecified atom stereocenters. The minimum atomic E-state index is -0.923. The lowest BCUT2D eigenvalue weighted by atomic mass is 10.1. The van der Waals surface area contributed by atoms with Gasteiger partial charge in [-0.25, -0.2) is 9.59 Å². The van der Waals surface area contributed by atoms with E-state index in [1.54, 1.807) is 20.2 Å². The van der Waals surface area contributed by atoms with Crippen LogP contribution in [0.5, 0.6) is 0 Å². The number of nitro groups is 1. The number of carbonyl (C=O) groups excluding carboxylic acids is 3. The molecule has 10 heteroatoms. The van der Waals surface area contributed by atoms with Crippen molar-refractivity contribution in [3.05, 3.63) is 63.2 Å². The molecule has 0 heterocycles. The molecule has 30 heavy (non-hydrogen) atoms. The summed E-state index contributed by atoms with van der Waals surface area (Å²) in [5, 5.41) is 15.8. The number of aryl methyl sites for hydroxylation is 2. The normalized spacial score (nSPS) is 10.1. The fraction of sp³-hybridized carbons (Fsp3) is 0.250. The summed E-state index contributed by atoms with van der Waals surface area (Å²) in [6, 6.07) is 8.46. The van der Waals surface area contributed by atoms with Gasteiger partial charge in [0, 0.05) is 25.8 Å². The zero-order chi connectivity index (χ0) is 22.4. The van der Waals surface area contributed by atoms with Crippen LogP contribution < -0.4 is 15.5 Å². The molecule has 158 valence electrons. The van der Waals surface area contributed by atoms with E-state index in [2.05, 4.69) is 5.32 Å². The Morgan fingerprint density at radius 2 is 1.80 bits per heavy atom. The number of amides is 3. The number of hydrogen-bond donors (Lipinski definition) is 2. The summed E-state index contributed by atoms with van der Waals surface area (Å²) in [5.74, 6) is -1.77. The quantitative estimate of drug-likeness (QED) is 0.422. The Balaban J connectivity index is 1.94. The number of nitro benzene ring substituents is 1. The molecule has 0 aliphatic rings. The molecule has 0 aromatic heterocycles. The molecule has 0 spiro atoms. The van der Waals surface area contributed by atoms with Crippen LogP contribution in [0.1, 0.15) is 21.5 Å². The molecule has 0 atom stereocenters. The van der Waals surface area contributed by atoms with Gasteiger partial charge in [-0.1, -0.05) is 17.7 Å². The van der Waals surface area contributed by atoms with Crippen molar-refractivity contribution in [1.29, 1.82) is 0 Å². The van der Waals surface area contributed by atoms with Gasteiger partial charge >= 0.3 is 12.0 Å². The Morgan fingerprint density at radius 1 is 1.10 bits per heavy atom. The van der Waals surface area contributed by atoms with Crippen molar-refractivity contribution in [2.24, 2.45) is 0 Å². The topological polar surface area (TPSA) is 131 Å². The predicted molar refractivity (Wildman–Crippen MR) is 111 cm³/mol. The summed E-state index contributed by atoms with van der Waals surface area (Å²) >= 11 is 0. The van der Waals surface area contributed by atoms with Crippen molar-refractivity contribution in [1.82, 2.24) is 5.32 Å². The van der Waals surface area contributed by atoms with Gasteiger partial charge in [-0.2, -0.15) is 0 Å². The number of imide groups is 1. The second-order valence-electron chi connectivity index (χ2n) is 6.75. The van der Waals surface area contributed by atoms with E-state index in [1.807, 2.05) is 31.3 Å². The molecule has 2 aromatic carbocycles. The highest BCUT2D eigenvalue weighted by Crippen LogP contribution is 2.27. The van der Waals surface area contributed by atoms with Crippen molar-refractivity contribution < 1.29 is 24.0 Å². The molecule has 0 saturated heterocycles. The van der Waals surface area contributed by atoms with Gasteiger partial charge in [0.25, 0.3) is 11.6 Å². The smallest absolute Gasteiger partial charge is 0.338 e. The SMILES string of the molecule is Cc1ccc(NC(=O)NC(=O)COC(=O)c2ccc(N(C)C)c([N+](=O)[O-])c2)c(C)c1. The average Bonchev–Trinajstić information content (AvgIpc) is 2.67. The number of anilines is 2. The molecule has 0 saturated carbocycles. The third-order valence-electron chi connectivity index (χ3n) is 4.11. The summed E-state index contributed by atoms with van der Waals surface area (Å²) < 4.78 is 4.85. The van der Waals surface area contributed by atoms with Gasteiger partial charge in [-0.15, -0.1) is 0 Å². The Labute approximate surface area is 173 Å². The van der Waals surface area contributed by atoms with Gasteiger partial charge < -0.3 is 15.0 Å². The van der Waals surface area contributed by atoms with Crippen LogP contribution in [0.2, 0.25) is 0 Å². The Bertz CT molecular complexity index is 1000. The molecule has 3 amide bonds. The molecule has 0 aliphatic carbocycles. The number of nitrogens with one attached hydrogen (secondary N) is 2. The third-order valence-corrected chi connectivity index (χ3v) is 4.11. The summed E-state index contributed by atoms with van der Waals surface area (Å²) in [4.78, 5) is 48.0. The van der Waals surface area contributed by atoms with E-state index >= 15 is 0 Å². The largest absolute Gasteiger partial charge is 0.452 e. The summed E-state index contributed by atoms with van der Waals surface area (Å²) in [5.41, 5.74) is 2.35. The van der Waals surface area contributed by atoms with Crippen molar-refractivity contribution in [3.8, 4) is 0 Å². The number of esters is 1. The van der Waals surface area contributed by atoms with Crippen molar-refractivity contribution in [3.63, 3.8) is 0 Å². The first-order valence-corrected chi connectivity index (χ1v) is 8.89. The van der Waals surface area contributed by atoms with Gasteiger partial charge in [0.15, 0.2) is 6.61 Å². The molecule has 0 bridgehead atoms. The number of ether oxygens (including phenoxy) is 1. The first-order valence-electron chi connectivity index (χ1n) is 8.89. The van der Waals surface area contributed by atoms with Gasteiger partial charge in [0.05, 0.1) is 10.5 Å². The molecule has 10 nitrogen and oxygen atoms in total. The second kappa shape index (κ2) is 9.50. The van der Waals surface area contributed by atoms with Gasteiger partial charge in [0.1, 0.15) is 5.69 Å². The third kappa shape index (κ3) is 5.77. The second-order valence-corrected chi connectivity index (χ2v) is 6.75. The van der Waals surface area contributed by atoms with Crippen LogP contribution in [0, 0.1) is 24.0 Å². The Kier molecular flexibility index (Phi) is 7.08. The summed E-state index contributed by atoms with van der Waals surface area (Å²) in [7, 11) is 3.27. The lowest BCUT2D eigenvalue weighted by Gasteiger charge is -2.13. The maximum atomic E-state index is 12.1. The van der Waals surface area contributed by atoms with Crippen LogP contribution in [0.3, 0.4) is 0 Å². The zero-order valence-electron chi connectivity index (χ0n) is 17.0. The predicted octanol–water partition coefficient (Wildman–Crippen LogP) is 2.78. The lowest BCUT2D eigenvalue weighted by Crippen LogP contribution is -2.37. The zero-order valence-corrected chi connectivity index (χ0v) is 17.0. The number of rotatable bonds is 6. The van der Waals surface area contributed by atoms with Crippen molar-refractivity contribution in [2.75, 3.05) is 30.9 Å². The van der Waals surface area contributed by atoms with E-state index in [4.69, 9.17) is 4.74 Å². The number of carbonyl (C=O) groups is 3. The number of nitrogens with zero attached hydrogens (tertiary/aromatic N) is 2. The molecule has 0 radical (unpaired) electrons. The fourth-order valence-corrected chi connectivity index (χ4v) is 2.66. The molecule has 0 fully saturated rings. The van der Waals surface area contributed by atoms with Crippen LogP contribution in [0.4, 0.5) is 21.9 Å². The Morgan fingerprint density at radius 3 is 2.40 bits per heavy atom. The summed E-state index contributed by atoms with van der Waals surface area (Å²) in [6.07, 6.45) is 0. The highest BCUT2D eigenvalue weighted by molar-refractivity contribution is 6.02. The van der Waals surface area contributed by atoms with Gasteiger partial charge in [-0.05, 0) is 37.6 Å². The first kappa shape index (κ1) is 22.3. The van der Waals surface area contributed by atoms with E-state index in [9.17, 15) is 24.5 Å². The minimum absolute atomic E-state index is 0.0835. The van der Waals surface area contributed by atoms with E-state index in [1.165, 1.54) is 17.0 Å². The highest BCUT2D eigenvalue weighted by atomic mass is 16.6.